The summed E-state index contributed by atoms with van der Waals surface area (Å²) in [5.74, 6) is -2.08. The fourth-order valence-corrected chi connectivity index (χ4v) is 3.90. The molecule has 0 saturated carbocycles. The largest absolute Gasteiger partial charge is 0.459 e. The molecule has 0 unspecified atom stereocenters. The van der Waals surface area contributed by atoms with Crippen LogP contribution in [0.15, 0.2) is 91.0 Å². The number of esters is 3. The van der Waals surface area contributed by atoms with Crippen molar-refractivity contribution in [3.05, 3.63) is 108 Å². The van der Waals surface area contributed by atoms with E-state index >= 15 is 0 Å². The van der Waals surface area contributed by atoms with E-state index in [4.69, 9.17) is 23.7 Å². The molecule has 1 N–H and O–H groups in total. The molecule has 1 saturated heterocycles. The van der Waals surface area contributed by atoms with Crippen LogP contribution in [0.1, 0.15) is 31.1 Å². The van der Waals surface area contributed by atoms with Crippen molar-refractivity contribution in [2.45, 2.75) is 30.7 Å². The molecule has 9 heteroatoms. The third-order valence-corrected chi connectivity index (χ3v) is 5.77. The molecule has 3 aromatic rings. The van der Waals surface area contributed by atoms with Gasteiger partial charge in [-0.25, -0.2) is 14.4 Å². The Labute approximate surface area is 213 Å². The number of aliphatic hydroxyl groups is 1. The molecule has 192 valence electrons. The van der Waals surface area contributed by atoms with Crippen LogP contribution in [0.2, 0.25) is 0 Å². The van der Waals surface area contributed by atoms with Crippen molar-refractivity contribution in [1.29, 1.82) is 0 Å². The summed E-state index contributed by atoms with van der Waals surface area (Å²) < 4.78 is 27.8. The first-order valence-corrected chi connectivity index (χ1v) is 11.6. The van der Waals surface area contributed by atoms with Crippen molar-refractivity contribution in [2.75, 3.05) is 13.7 Å². The van der Waals surface area contributed by atoms with E-state index in [2.05, 4.69) is 0 Å². The Bertz CT molecular complexity index is 1180. The van der Waals surface area contributed by atoms with E-state index < -0.39 is 55.2 Å². The van der Waals surface area contributed by atoms with Crippen molar-refractivity contribution in [3.63, 3.8) is 0 Å². The maximum Gasteiger partial charge on any atom is 0.338 e. The summed E-state index contributed by atoms with van der Waals surface area (Å²) >= 11 is 0. The monoisotopic (exact) mass is 506 g/mol. The first-order valence-electron chi connectivity index (χ1n) is 11.6. The van der Waals surface area contributed by atoms with E-state index in [0.717, 1.165) is 0 Å². The molecule has 0 bridgehead atoms. The lowest BCUT2D eigenvalue weighted by Crippen LogP contribution is -2.62. The highest BCUT2D eigenvalue weighted by atomic mass is 16.7. The molecular weight excluding hydrogens is 480 g/mol. The van der Waals surface area contributed by atoms with Crippen LogP contribution in [0.5, 0.6) is 0 Å². The summed E-state index contributed by atoms with van der Waals surface area (Å²) in [6.45, 7) is -0.395. The first-order chi connectivity index (χ1) is 18.0. The van der Waals surface area contributed by atoms with Gasteiger partial charge in [0, 0.05) is 7.11 Å². The average molecular weight is 507 g/mol. The Kier molecular flexibility index (Phi) is 8.63. The number of hydrogen-bond acceptors (Lipinski definition) is 9. The second kappa shape index (κ2) is 12.3. The minimum atomic E-state index is -1.56. The van der Waals surface area contributed by atoms with Gasteiger partial charge in [0.25, 0.3) is 0 Å². The van der Waals surface area contributed by atoms with Crippen LogP contribution < -0.4 is 0 Å². The highest BCUT2D eigenvalue weighted by Gasteiger charge is 2.51. The molecule has 0 radical (unpaired) electrons. The van der Waals surface area contributed by atoms with Crippen LogP contribution in [0.4, 0.5) is 0 Å². The molecule has 1 fully saturated rings. The zero-order valence-corrected chi connectivity index (χ0v) is 20.0. The summed E-state index contributed by atoms with van der Waals surface area (Å²) in [4.78, 5) is 38.4. The summed E-state index contributed by atoms with van der Waals surface area (Å²) in [6, 6.07) is 24.7. The molecule has 5 atom stereocenters. The van der Waals surface area contributed by atoms with Gasteiger partial charge in [-0.2, -0.15) is 0 Å². The van der Waals surface area contributed by atoms with Gasteiger partial charge in [-0.3, -0.25) is 0 Å². The van der Waals surface area contributed by atoms with Gasteiger partial charge < -0.3 is 28.8 Å². The van der Waals surface area contributed by atoms with Gasteiger partial charge in [0.1, 0.15) is 18.8 Å². The van der Waals surface area contributed by atoms with Crippen molar-refractivity contribution in [2.24, 2.45) is 0 Å². The van der Waals surface area contributed by atoms with E-state index in [0.29, 0.717) is 5.56 Å². The number of carbonyl (C=O) groups excluding carboxylic acids is 3. The van der Waals surface area contributed by atoms with E-state index in [1.807, 2.05) is 0 Å². The van der Waals surface area contributed by atoms with E-state index in [9.17, 15) is 19.5 Å². The van der Waals surface area contributed by atoms with E-state index in [-0.39, 0.29) is 11.1 Å². The van der Waals surface area contributed by atoms with Gasteiger partial charge in [-0.05, 0) is 36.4 Å². The second-order valence-corrected chi connectivity index (χ2v) is 8.20. The number of benzene rings is 3. The molecule has 0 spiro atoms. The van der Waals surface area contributed by atoms with Gasteiger partial charge in [-0.15, -0.1) is 0 Å². The van der Waals surface area contributed by atoms with Gasteiger partial charge in [-0.1, -0.05) is 54.6 Å². The number of rotatable bonds is 8. The van der Waals surface area contributed by atoms with Gasteiger partial charge >= 0.3 is 17.9 Å². The van der Waals surface area contributed by atoms with E-state index in [1.54, 1.807) is 91.0 Å². The number of methoxy groups -OCH3 is 1. The zero-order valence-electron chi connectivity index (χ0n) is 20.0. The second-order valence-electron chi connectivity index (χ2n) is 8.20. The number of ether oxygens (including phenoxy) is 5. The quantitative estimate of drug-likeness (QED) is 0.363. The zero-order chi connectivity index (χ0) is 26.2. The Hall–Kier alpha value is -4.05. The molecule has 0 aromatic heterocycles. The molecule has 1 aliphatic heterocycles. The van der Waals surface area contributed by atoms with Crippen LogP contribution in [0, 0.1) is 0 Å². The van der Waals surface area contributed by atoms with Gasteiger partial charge in [0.15, 0.2) is 18.5 Å². The lowest BCUT2D eigenvalue weighted by molar-refractivity contribution is -0.290. The van der Waals surface area contributed by atoms with Gasteiger partial charge in [0.05, 0.1) is 16.7 Å². The number of aliphatic hydroxyl groups excluding tert-OH is 1. The fraction of sp³-hybridized carbons (Fsp3) is 0.250. The Morgan fingerprint density at radius 3 is 1.57 bits per heavy atom. The summed E-state index contributed by atoms with van der Waals surface area (Å²) in [5.41, 5.74) is 0.799. The smallest absolute Gasteiger partial charge is 0.338 e. The fourth-order valence-electron chi connectivity index (χ4n) is 3.90. The predicted molar refractivity (Wildman–Crippen MR) is 130 cm³/mol. The van der Waals surface area contributed by atoms with Crippen molar-refractivity contribution in [1.82, 2.24) is 0 Å². The molecule has 37 heavy (non-hydrogen) atoms. The van der Waals surface area contributed by atoms with E-state index in [1.165, 1.54) is 7.11 Å². The summed E-state index contributed by atoms with van der Waals surface area (Å²) in [5, 5.41) is 10.6. The third-order valence-electron chi connectivity index (χ3n) is 5.77. The number of hydrogen-bond donors (Lipinski definition) is 1. The SMILES string of the molecule is CO[C@@H]1[C@@H](OC(=O)c2ccccc2)[C@H](OC(=O)c2ccccc2)[C@@H](COC(=O)c2ccccc2)O[C@@H]1O. The third kappa shape index (κ3) is 6.39. The van der Waals surface area contributed by atoms with Crippen molar-refractivity contribution < 1.29 is 43.2 Å². The number of carbonyl (C=O) groups is 3. The average Bonchev–Trinajstić information content (AvgIpc) is 2.94. The summed E-state index contributed by atoms with van der Waals surface area (Å²) in [6.07, 6.45) is -6.49. The molecule has 0 aliphatic carbocycles. The topological polar surface area (TPSA) is 118 Å². The van der Waals surface area contributed by atoms with Crippen LogP contribution in [0.3, 0.4) is 0 Å². The Morgan fingerprint density at radius 2 is 1.11 bits per heavy atom. The molecular formula is C28H26O9. The minimum absolute atomic E-state index is 0.246. The first kappa shape index (κ1) is 26.0. The van der Waals surface area contributed by atoms with Crippen LogP contribution in [-0.2, 0) is 23.7 Å². The highest BCUT2D eigenvalue weighted by molar-refractivity contribution is 5.90. The van der Waals surface area contributed by atoms with Crippen LogP contribution in [-0.4, -0.2) is 67.4 Å². The molecule has 0 amide bonds. The predicted octanol–water partition coefficient (Wildman–Crippen LogP) is 3.03. The van der Waals surface area contributed by atoms with Crippen LogP contribution in [0.25, 0.3) is 0 Å². The molecule has 3 aromatic carbocycles. The lowest BCUT2D eigenvalue weighted by Gasteiger charge is -2.42. The minimum Gasteiger partial charge on any atom is -0.459 e. The summed E-state index contributed by atoms with van der Waals surface area (Å²) in [7, 11) is 1.30. The van der Waals surface area contributed by atoms with Crippen LogP contribution >= 0.6 is 0 Å². The lowest BCUT2D eigenvalue weighted by atomic mass is 9.98. The Balaban J connectivity index is 1.60. The molecule has 9 nitrogen and oxygen atoms in total. The standard InChI is InChI=1S/C28H26O9/c1-33-24-23(37-27(31)20-15-9-4-10-16-20)22(36-26(30)19-13-7-3-8-14-19)21(35-28(24)32)17-34-25(29)18-11-5-2-6-12-18/h2-16,21-24,28,32H,17H2,1H3/t21-,22-,23+,24-,28+/m1/s1. The maximum atomic E-state index is 13.0. The van der Waals surface area contributed by atoms with Crippen molar-refractivity contribution >= 4 is 17.9 Å². The molecule has 1 heterocycles. The Morgan fingerprint density at radius 1 is 0.676 bits per heavy atom. The normalized spacial score (nSPS) is 23.0. The van der Waals surface area contributed by atoms with Gasteiger partial charge in [0.2, 0.25) is 0 Å². The molecule has 1 aliphatic rings. The van der Waals surface area contributed by atoms with Crippen molar-refractivity contribution in [3.8, 4) is 0 Å². The maximum absolute atomic E-state index is 13.0. The highest BCUT2D eigenvalue weighted by Crippen LogP contribution is 2.29. The molecule has 4 rings (SSSR count).